The summed E-state index contributed by atoms with van der Waals surface area (Å²) in [4.78, 5) is 12.4. The molecule has 0 amide bonds. The molecule has 0 radical (unpaired) electrons. The van der Waals surface area contributed by atoms with E-state index in [-0.39, 0.29) is 6.10 Å². The van der Waals surface area contributed by atoms with Crippen molar-refractivity contribution in [2.75, 3.05) is 0 Å². The van der Waals surface area contributed by atoms with Gasteiger partial charge in [-0.25, -0.2) is 4.79 Å². The summed E-state index contributed by atoms with van der Waals surface area (Å²) in [5.74, 6) is 5.76. The number of benzene rings is 1. The molecule has 5 unspecified atom stereocenters. The van der Waals surface area contributed by atoms with E-state index in [0.29, 0.717) is 22.5 Å². The van der Waals surface area contributed by atoms with Crippen molar-refractivity contribution in [3.8, 4) is 5.75 Å². The lowest BCUT2D eigenvalue weighted by molar-refractivity contribution is -0.131. The fourth-order valence-electron chi connectivity index (χ4n) is 9.70. The highest BCUT2D eigenvalue weighted by molar-refractivity contribution is 5.63. The van der Waals surface area contributed by atoms with Gasteiger partial charge in [0.2, 0.25) is 0 Å². The Hall–Kier alpha value is -1.51. The van der Waals surface area contributed by atoms with Crippen LogP contribution in [0.15, 0.2) is 30.3 Å². The van der Waals surface area contributed by atoms with Crippen LogP contribution >= 0.6 is 0 Å². The zero-order valence-corrected chi connectivity index (χ0v) is 21.9. The number of ether oxygens (including phenoxy) is 2. The van der Waals surface area contributed by atoms with Crippen LogP contribution in [0.25, 0.3) is 0 Å². The van der Waals surface area contributed by atoms with Gasteiger partial charge in [0.25, 0.3) is 0 Å². The van der Waals surface area contributed by atoms with Gasteiger partial charge in [-0.1, -0.05) is 58.7 Å². The minimum atomic E-state index is -0.542. The number of rotatable bonds is 5. The summed E-state index contributed by atoms with van der Waals surface area (Å²) in [6.07, 6.45) is 13.9. The summed E-state index contributed by atoms with van der Waals surface area (Å²) in [7, 11) is 0. The van der Waals surface area contributed by atoms with E-state index in [1.807, 2.05) is 18.2 Å². The molecular formula is C31H46O3. The molecule has 0 spiro atoms. The lowest BCUT2D eigenvalue weighted by Crippen LogP contribution is -2.54. The van der Waals surface area contributed by atoms with Gasteiger partial charge in [-0.3, -0.25) is 0 Å². The lowest BCUT2D eigenvalue weighted by atomic mass is 9.44. The average Bonchev–Trinajstić information content (AvgIpc) is 3.17. The maximum atomic E-state index is 12.4. The third kappa shape index (κ3) is 4.20. The molecule has 0 saturated heterocycles. The largest absolute Gasteiger partial charge is 0.514 e. The van der Waals surface area contributed by atoms with Crippen molar-refractivity contribution in [1.29, 1.82) is 0 Å². The Morgan fingerprint density at radius 3 is 2.47 bits per heavy atom. The highest BCUT2D eigenvalue weighted by Crippen LogP contribution is 2.68. The van der Waals surface area contributed by atoms with Gasteiger partial charge in [-0.2, -0.15) is 0 Å². The quantitative estimate of drug-likeness (QED) is 0.322. The smallest absolute Gasteiger partial charge is 0.431 e. The van der Waals surface area contributed by atoms with E-state index in [4.69, 9.17) is 9.47 Å². The second-order valence-electron chi connectivity index (χ2n) is 12.8. The predicted octanol–water partition coefficient (Wildman–Crippen LogP) is 8.67. The maximum Gasteiger partial charge on any atom is 0.514 e. The molecule has 5 rings (SSSR count). The Balaban J connectivity index is 1.23. The number of carbonyl (C=O) groups is 1. The highest BCUT2D eigenvalue weighted by Gasteiger charge is 2.60. The van der Waals surface area contributed by atoms with E-state index < -0.39 is 6.16 Å². The zero-order valence-electron chi connectivity index (χ0n) is 21.9. The lowest BCUT2D eigenvalue weighted by Gasteiger charge is -2.61. The number of para-hydroxylation sites is 1. The molecule has 4 saturated carbocycles. The number of fused-ring (bicyclic) bond motifs is 5. The molecule has 4 aliphatic rings. The third-order valence-corrected chi connectivity index (χ3v) is 11.3. The van der Waals surface area contributed by atoms with Gasteiger partial charge in [0.1, 0.15) is 11.9 Å². The Bertz CT molecular complexity index is 851. The van der Waals surface area contributed by atoms with E-state index in [9.17, 15) is 4.79 Å². The number of hydrogen-bond acceptors (Lipinski definition) is 3. The summed E-state index contributed by atoms with van der Waals surface area (Å²) in [6.45, 7) is 10.2. The van der Waals surface area contributed by atoms with Crippen molar-refractivity contribution in [2.45, 2.75) is 104 Å². The van der Waals surface area contributed by atoms with Crippen LogP contribution in [0, 0.1) is 46.3 Å². The SMILES string of the molecule is CCC[C@@H](C)[C@H]1CCC2C3CCC4CC(OC(=O)Oc5ccccc5)CC[C@]4(C)C3CC[C@@]21C. The predicted molar refractivity (Wildman–Crippen MR) is 137 cm³/mol. The first-order valence-electron chi connectivity index (χ1n) is 14.3. The minimum Gasteiger partial charge on any atom is -0.431 e. The first kappa shape index (κ1) is 24.2. The molecule has 0 aromatic heterocycles. The standard InChI is InChI=1S/C31H46O3/c1-5-9-21(2)26-14-15-27-25-13-12-22-20-24(34-29(32)33-23-10-7-6-8-11-23)16-18-30(22,3)28(25)17-19-31(26,27)4/h6-8,10-11,21-22,24-28H,5,9,12-20H2,1-4H3/t21-,22?,24?,25?,26-,27?,28?,30+,31-/m1/s1. The molecule has 1 aromatic rings. The minimum absolute atomic E-state index is 0.00504. The van der Waals surface area contributed by atoms with Crippen LogP contribution in [0.4, 0.5) is 4.79 Å². The normalized spacial score (nSPS) is 42.1. The Kier molecular flexibility index (Phi) is 6.77. The van der Waals surface area contributed by atoms with Gasteiger partial charge in [-0.05, 0) is 116 Å². The molecular weight excluding hydrogens is 420 g/mol. The van der Waals surface area contributed by atoms with Crippen LogP contribution in [0.3, 0.4) is 0 Å². The summed E-state index contributed by atoms with van der Waals surface area (Å²) < 4.78 is 11.2. The molecule has 0 heterocycles. The van der Waals surface area contributed by atoms with Gasteiger partial charge in [-0.15, -0.1) is 0 Å². The molecule has 3 nitrogen and oxygen atoms in total. The third-order valence-electron chi connectivity index (χ3n) is 11.3. The van der Waals surface area contributed by atoms with Crippen LogP contribution in [0.1, 0.15) is 98.3 Å². The maximum absolute atomic E-state index is 12.4. The zero-order chi connectivity index (χ0) is 23.9. The van der Waals surface area contributed by atoms with Crippen molar-refractivity contribution in [2.24, 2.45) is 46.3 Å². The fraction of sp³-hybridized carbons (Fsp3) is 0.774. The first-order chi connectivity index (χ1) is 16.3. The van der Waals surface area contributed by atoms with Crippen LogP contribution in [0.2, 0.25) is 0 Å². The Morgan fingerprint density at radius 2 is 1.71 bits per heavy atom. The second-order valence-corrected chi connectivity index (χ2v) is 12.8. The first-order valence-corrected chi connectivity index (χ1v) is 14.3. The summed E-state index contributed by atoms with van der Waals surface area (Å²) in [5.41, 5.74) is 0.987. The van der Waals surface area contributed by atoms with Crippen molar-refractivity contribution in [3.63, 3.8) is 0 Å². The molecule has 3 heteroatoms. The summed E-state index contributed by atoms with van der Waals surface area (Å²) >= 11 is 0. The van der Waals surface area contributed by atoms with E-state index in [1.165, 1.54) is 57.8 Å². The Labute approximate surface area is 207 Å². The van der Waals surface area contributed by atoms with Gasteiger partial charge < -0.3 is 9.47 Å². The molecule has 1 aromatic carbocycles. The molecule has 4 aliphatic carbocycles. The molecule has 4 fully saturated rings. The van der Waals surface area contributed by atoms with Crippen molar-refractivity contribution in [3.05, 3.63) is 30.3 Å². The summed E-state index contributed by atoms with van der Waals surface area (Å²) in [6, 6.07) is 9.27. The fourth-order valence-corrected chi connectivity index (χ4v) is 9.70. The highest BCUT2D eigenvalue weighted by atomic mass is 16.7. The van der Waals surface area contributed by atoms with Crippen molar-refractivity contribution in [1.82, 2.24) is 0 Å². The molecule has 9 atom stereocenters. The average molecular weight is 467 g/mol. The Morgan fingerprint density at radius 1 is 0.971 bits per heavy atom. The number of hydrogen-bond donors (Lipinski definition) is 0. The molecule has 34 heavy (non-hydrogen) atoms. The van der Waals surface area contributed by atoms with Gasteiger partial charge in [0, 0.05) is 0 Å². The second kappa shape index (κ2) is 9.51. The van der Waals surface area contributed by atoms with Crippen LogP contribution in [-0.2, 0) is 4.74 Å². The van der Waals surface area contributed by atoms with E-state index in [0.717, 1.165) is 42.4 Å². The molecule has 0 bridgehead atoms. The monoisotopic (exact) mass is 466 g/mol. The van der Waals surface area contributed by atoms with E-state index >= 15 is 0 Å². The van der Waals surface area contributed by atoms with Crippen molar-refractivity contribution < 1.29 is 14.3 Å². The van der Waals surface area contributed by atoms with Gasteiger partial charge in [0.05, 0.1) is 0 Å². The topological polar surface area (TPSA) is 35.5 Å². The van der Waals surface area contributed by atoms with Crippen molar-refractivity contribution >= 4 is 6.16 Å². The van der Waals surface area contributed by atoms with E-state index in [1.54, 1.807) is 12.1 Å². The van der Waals surface area contributed by atoms with Crippen LogP contribution in [-0.4, -0.2) is 12.3 Å². The van der Waals surface area contributed by atoms with Crippen LogP contribution in [0.5, 0.6) is 5.75 Å². The number of carbonyl (C=O) groups excluding carboxylic acids is 1. The van der Waals surface area contributed by atoms with Crippen LogP contribution < -0.4 is 4.74 Å². The van der Waals surface area contributed by atoms with E-state index in [2.05, 4.69) is 27.7 Å². The van der Waals surface area contributed by atoms with Gasteiger partial charge in [0.15, 0.2) is 0 Å². The summed E-state index contributed by atoms with van der Waals surface area (Å²) in [5, 5.41) is 0. The van der Waals surface area contributed by atoms with Gasteiger partial charge >= 0.3 is 6.16 Å². The molecule has 188 valence electrons. The molecule has 0 aliphatic heterocycles. The molecule has 0 N–H and O–H groups in total.